The lowest BCUT2D eigenvalue weighted by molar-refractivity contribution is 0.198. The molecule has 0 amide bonds. The van der Waals surface area contributed by atoms with E-state index in [4.69, 9.17) is 0 Å². The van der Waals surface area contributed by atoms with E-state index in [0.717, 1.165) is 19.1 Å². The Labute approximate surface area is 115 Å². The monoisotopic (exact) mass is 263 g/mol. The van der Waals surface area contributed by atoms with Crippen LogP contribution in [0.3, 0.4) is 0 Å². The van der Waals surface area contributed by atoms with Crippen molar-refractivity contribution in [2.45, 2.75) is 44.7 Å². The largest absolute Gasteiger partial charge is 0.319 e. The van der Waals surface area contributed by atoms with E-state index in [1.807, 2.05) is 12.7 Å². The lowest BCUT2D eigenvalue weighted by Gasteiger charge is -2.27. The molecule has 106 valence electrons. The van der Waals surface area contributed by atoms with E-state index in [2.05, 4.69) is 24.6 Å². The molecule has 1 aliphatic carbocycles. The second-order valence-corrected chi connectivity index (χ2v) is 5.87. The van der Waals surface area contributed by atoms with E-state index in [-0.39, 0.29) is 0 Å². The molecule has 5 nitrogen and oxygen atoms in total. The molecule has 0 bridgehead atoms. The van der Waals surface area contributed by atoms with Crippen LogP contribution in [0, 0.1) is 0 Å². The van der Waals surface area contributed by atoms with Crippen LogP contribution in [0.25, 0.3) is 0 Å². The molecule has 1 aromatic rings. The van der Waals surface area contributed by atoms with Gasteiger partial charge < -0.3 is 9.47 Å². The average molecular weight is 263 g/mol. The summed E-state index contributed by atoms with van der Waals surface area (Å²) >= 11 is 0. The smallest absolute Gasteiger partial charge is 0.119 e. The Balaban J connectivity index is 1.44. The summed E-state index contributed by atoms with van der Waals surface area (Å²) in [6.07, 6.45) is 10.7. The van der Waals surface area contributed by atoms with Crippen molar-refractivity contribution < 1.29 is 0 Å². The van der Waals surface area contributed by atoms with Crippen LogP contribution >= 0.6 is 0 Å². The molecule has 1 aliphatic heterocycles. The molecule has 2 fully saturated rings. The Bertz CT molecular complexity index is 358. The van der Waals surface area contributed by atoms with Gasteiger partial charge in [-0.3, -0.25) is 4.90 Å². The van der Waals surface area contributed by atoms with Gasteiger partial charge in [0.1, 0.15) is 12.7 Å². The highest BCUT2D eigenvalue weighted by Crippen LogP contribution is 2.24. The van der Waals surface area contributed by atoms with Gasteiger partial charge in [0.25, 0.3) is 0 Å². The Morgan fingerprint density at radius 3 is 2.42 bits per heavy atom. The molecule has 0 N–H and O–H groups in total. The predicted octanol–water partition coefficient (Wildman–Crippen LogP) is 1.23. The van der Waals surface area contributed by atoms with Gasteiger partial charge in [0.2, 0.25) is 0 Å². The number of aromatic nitrogens is 3. The van der Waals surface area contributed by atoms with Crippen LogP contribution < -0.4 is 0 Å². The Hall–Kier alpha value is -0.940. The summed E-state index contributed by atoms with van der Waals surface area (Å²) < 4.78 is 2.07. The van der Waals surface area contributed by atoms with Crippen LogP contribution in [0.15, 0.2) is 12.7 Å². The maximum atomic E-state index is 3.86. The molecule has 3 rings (SSSR count). The van der Waals surface area contributed by atoms with Gasteiger partial charge in [-0.25, -0.2) is 0 Å². The molecule has 2 aliphatic rings. The minimum absolute atomic E-state index is 0.887. The molecule has 0 aromatic carbocycles. The molecule has 19 heavy (non-hydrogen) atoms. The van der Waals surface area contributed by atoms with E-state index in [1.165, 1.54) is 58.3 Å². The Morgan fingerprint density at radius 2 is 1.63 bits per heavy atom. The van der Waals surface area contributed by atoms with Crippen molar-refractivity contribution in [1.82, 2.24) is 24.6 Å². The standard InChI is InChI=1S/C14H25N5/c1-2-5-14(4-1)19-7-3-6-17(10-11-19)8-9-18-12-15-16-13-18/h12-14H,1-11H2. The lowest BCUT2D eigenvalue weighted by Crippen LogP contribution is -2.37. The van der Waals surface area contributed by atoms with E-state index < -0.39 is 0 Å². The van der Waals surface area contributed by atoms with Gasteiger partial charge in [-0.1, -0.05) is 12.8 Å². The van der Waals surface area contributed by atoms with Gasteiger partial charge in [-0.05, 0) is 32.4 Å². The van der Waals surface area contributed by atoms with Crippen LogP contribution in [0.5, 0.6) is 0 Å². The lowest BCUT2D eigenvalue weighted by atomic mass is 10.2. The molecule has 5 heteroatoms. The van der Waals surface area contributed by atoms with Crippen LogP contribution in [-0.2, 0) is 6.54 Å². The van der Waals surface area contributed by atoms with E-state index in [0.29, 0.717) is 0 Å². The van der Waals surface area contributed by atoms with E-state index in [9.17, 15) is 0 Å². The number of nitrogens with zero attached hydrogens (tertiary/aromatic N) is 5. The zero-order valence-corrected chi connectivity index (χ0v) is 11.7. The minimum Gasteiger partial charge on any atom is -0.319 e. The van der Waals surface area contributed by atoms with Gasteiger partial charge in [0.15, 0.2) is 0 Å². The Kier molecular flexibility index (Phi) is 4.45. The normalized spacial score (nSPS) is 23.8. The predicted molar refractivity (Wildman–Crippen MR) is 74.9 cm³/mol. The van der Waals surface area contributed by atoms with Crippen LogP contribution in [0.4, 0.5) is 0 Å². The summed E-state index contributed by atoms with van der Waals surface area (Å²) in [4.78, 5) is 5.33. The summed E-state index contributed by atoms with van der Waals surface area (Å²) in [6.45, 7) is 7.15. The van der Waals surface area contributed by atoms with Crippen LogP contribution in [-0.4, -0.2) is 63.3 Å². The van der Waals surface area contributed by atoms with Crippen LogP contribution in [0.1, 0.15) is 32.1 Å². The second-order valence-electron chi connectivity index (χ2n) is 5.87. The zero-order valence-electron chi connectivity index (χ0n) is 11.7. The molecule has 0 unspecified atom stereocenters. The van der Waals surface area contributed by atoms with E-state index >= 15 is 0 Å². The van der Waals surface area contributed by atoms with Crippen molar-refractivity contribution in [3.05, 3.63) is 12.7 Å². The summed E-state index contributed by atoms with van der Waals surface area (Å²) in [5.41, 5.74) is 0. The van der Waals surface area contributed by atoms with Gasteiger partial charge in [-0.2, -0.15) is 0 Å². The highest BCUT2D eigenvalue weighted by molar-refractivity contribution is 4.80. The minimum atomic E-state index is 0.887. The van der Waals surface area contributed by atoms with Crippen molar-refractivity contribution >= 4 is 0 Å². The fourth-order valence-corrected chi connectivity index (χ4v) is 3.44. The molecule has 1 saturated carbocycles. The zero-order chi connectivity index (χ0) is 12.9. The topological polar surface area (TPSA) is 37.2 Å². The average Bonchev–Trinajstić information content (AvgIpc) is 3.08. The molecule has 0 spiro atoms. The molecule has 2 heterocycles. The number of hydrogen-bond donors (Lipinski definition) is 0. The first kappa shape index (κ1) is 13.1. The number of rotatable bonds is 4. The van der Waals surface area contributed by atoms with Gasteiger partial charge in [0.05, 0.1) is 0 Å². The highest BCUT2D eigenvalue weighted by Gasteiger charge is 2.24. The van der Waals surface area contributed by atoms with Crippen LogP contribution in [0.2, 0.25) is 0 Å². The third-order valence-corrected chi connectivity index (χ3v) is 4.61. The fraction of sp³-hybridized carbons (Fsp3) is 0.857. The summed E-state index contributed by atoms with van der Waals surface area (Å²) in [7, 11) is 0. The fourth-order valence-electron chi connectivity index (χ4n) is 3.44. The maximum absolute atomic E-state index is 3.86. The van der Waals surface area contributed by atoms with Crippen molar-refractivity contribution in [1.29, 1.82) is 0 Å². The SMILES string of the molecule is c1nncn1CCN1CCCN(C2CCCC2)CC1. The van der Waals surface area contributed by atoms with Crippen molar-refractivity contribution in [2.75, 3.05) is 32.7 Å². The maximum Gasteiger partial charge on any atom is 0.119 e. The second kappa shape index (κ2) is 6.48. The first-order valence-corrected chi connectivity index (χ1v) is 7.70. The number of hydrogen-bond acceptors (Lipinski definition) is 4. The van der Waals surface area contributed by atoms with Gasteiger partial charge in [0, 0.05) is 32.2 Å². The van der Waals surface area contributed by atoms with Crippen molar-refractivity contribution in [2.24, 2.45) is 0 Å². The van der Waals surface area contributed by atoms with Crippen molar-refractivity contribution in [3.63, 3.8) is 0 Å². The van der Waals surface area contributed by atoms with E-state index in [1.54, 1.807) is 0 Å². The first-order valence-electron chi connectivity index (χ1n) is 7.70. The quantitative estimate of drug-likeness (QED) is 0.819. The highest BCUT2D eigenvalue weighted by atomic mass is 15.3. The Morgan fingerprint density at radius 1 is 0.842 bits per heavy atom. The molecule has 0 atom stereocenters. The third kappa shape index (κ3) is 3.54. The third-order valence-electron chi connectivity index (χ3n) is 4.61. The molecular weight excluding hydrogens is 238 g/mol. The van der Waals surface area contributed by atoms with Crippen molar-refractivity contribution in [3.8, 4) is 0 Å². The molecule has 1 aromatic heterocycles. The summed E-state index contributed by atoms with van der Waals surface area (Å²) in [5.74, 6) is 0. The molecular formula is C14H25N5. The molecule has 1 saturated heterocycles. The summed E-state index contributed by atoms with van der Waals surface area (Å²) in [5, 5.41) is 7.71. The summed E-state index contributed by atoms with van der Waals surface area (Å²) in [6, 6.07) is 0.887. The van der Waals surface area contributed by atoms with Gasteiger partial charge >= 0.3 is 0 Å². The molecule has 0 radical (unpaired) electrons. The first-order chi connectivity index (χ1) is 9.42. The van der Waals surface area contributed by atoms with Gasteiger partial charge in [-0.15, -0.1) is 10.2 Å².